The average Bonchev–Trinajstić information content (AvgIpc) is 2.86. The zero-order chi connectivity index (χ0) is 22.6. The third-order valence-electron chi connectivity index (χ3n) is 7.62. The lowest BCUT2D eigenvalue weighted by molar-refractivity contribution is 0.454. The fourth-order valence-corrected chi connectivity index (χ4v) is 9.96. The molecule has 2 aliphatic carbocycles. The quantitative estimate of drug-likeness (QED) is 0.378. The lowest BCUT2D eigenvalue weighted by Crippen LogP contribution is -2.27. The van der Waals surface area contributed by atoms with Gasteiger partial charge in [0.1, 0.15) is 11.5 Å². The number of benzene rings is 3. The molecule has 0 amide bonds. The molecule has 5 rings (SSSR count). The summed E-state index contributed by atoms with van der Waals surface area (Å²) in [5.74, 6) is 0.225. The number of hydrogen-bond donors (Lipinski definition) is 2. The van der Waals surface area contributed by atoms with E-state index in [0.717, 1.165) is 16.9 Å². The van der Waals surface area contributed by atoms with Gasteiger partial charge < -0.3 is 10.2 Å². The van der Waals surface area contributed by atoms with Crippen LogP contribution in [0.2, 0.25) is 0 Å². The second-order valence-electron chi connectivity index (χ2n) is 9.76. The number of phenols is 2. The third kappa shape index (κ3) is 4.82. The molecule has 3 aromatic carbocycles. The maximum Gasteiger partial charge on any atom is 0.127 e. The summed E-state index contributed by atoms with van der Waals surface area (Å²) < 4.78 is 0. The lowest BCUT2D eigenvalue weighted by atomic mass is 9.99. The SMILES string of the molecule is Oc1cccc(O)c1-c1ccc(-c2ccccc2P(C2CCCCC2)C2CCCCC2)cc1. The predicted molar refractivity (Wildman–Crippen MR) is 141 cm³/mol. The fraction of sp³-hybridized carbons (Fsp3) is 0.400. The molecule has 0 unspecified atom stereocenters. The molecule has 172 valence electrons. The summed E-state index contributed by atoms with van der Waals surface area (Å²) >= 11 is 0. The second kappa shape index (κ2) is 10.3. The number of phenolic OH excluding ortho intramolecular Hbond substituents is 2. The van der Waals surface area contributed by atoms with Crippen LogP contribution in [0.3, 0.4) is 0 Å². The van der Waals surface area contributed by atoms with E-state index in [9.17, 15) is 10.2 Å². The molecule has 0 radical (unpaired) electrons. The molecule has 2 N–H and O–H groups in total. The molecule has 0 heterocycles. The molecular formula is C30H35O2P. The molecule has 0 aromatic heterocycles. The highest BCUT2D eigenvalue weighted by atomic mass is 31.1. The van der Waals surface area contributed by atoms with Crippen LogP contribution in [0.25, 0.3) is 22.3 Å². The van der Waals surface area contributed by atoms with Crippen molar-refractivity contribution < 1.29 is 10.2 Å². The monoisotopic (exact) mass is 458 g/mol. The second-order valence-corrected chi connectivity index (χ2v) is 12.5. The summed E-state index contributed by atoms with van der Waals surface area (Å²) in [4.78, 5) is 0. The van der Waals surface area contributed by atoms with Crippen LogP contribution in [0.15, 0.2) is 66.7 Å². The van der Waals surface area contributed by atoms with Crippen molar-refractivity contribution in [3.8, 4) is 33.8 Å². The highest BCUT2D eigenvalue weighted by Gasteiger charge is 2.33. The van der Waals surface area contributed by atoms with Gasteiger partial charge in [-0.05, 0) is 71.1 Å². The van der Waals surface area contributed by atoms with Crippen molar-refractivity contribution in [1.82, 2.24) is 0 Å². The summed E-state index contributed by atoms with van der Waals surface area (Å²) in [6.07, 6.45) is 14.0. The van der Waals surface area contributed by atoms with E-state index < -0.39 is 0 Å². The molecule has 0 atom stereocenters. The highest BCUT2D eigenvalue weighted by molar-refractivity contribution is 7.67. The summed E-state index contributed by atoms with van der Waals surface area (Å²) in [5.41, 5.74) is 5.71. The van der Waals surface area contributed by atoms with Gasteiger partial charge >= 0.3 is 0 Å². The molecule has 2 aliphatic rings. The first-order valence-corrected chi connectivity index (χ1v) is 14.2. The Morgan fingerprint density at radius 2 is 1.06 bits per heavy atom. The molecule has 0 spiro atoms. The molecule has 0 saturated heterocycles. The van der Waals surface area contributed by atoms with Crippen LogP contribution >= 0.6 is 7.92 Å². The average molecular weight is 459 g/mol. The predicted octanol–water partition coefficient (Wildman–Crippen LogP) is 8.20. The maximum absolute atomic E-state index is 10.3. The Hall–Kier alpha value is -2.31. The van der Waals surface area contributed by atoms with Gasteiger partial charge in [0.2, 0.25) is 0 Å². The van der Waals surface area contributed by atoms with Crippen molar-refractivity contribution in [2.75, 3.05) is 0 Å². The van der Waals surface area contributed by atoms with Crippen LogP contribution in [0, 0.1) is 0 Å². The Labute approximate surface area is 199 Å². The van der Waals surface area contributed by atoms with E-state index in [4.69, 9.17) is 0 Å². The highest BCUT2D eigenvalue weighted by Crippen LogP contribution is 2.56. The van der Waals surface area contributed by atoms with Crippen LogP contribution in [-0.4, -0.2) is 21.5 Å². The van der Waals surface area contributed by atoms with Crippen LogP contribution in [-0.2, 0) is 0 Å². The van der Waals surface area contributed by atoms with Crippen LogP contribution in [0.5, 0.6) is 11.5 Å². The normalized spacial score (nSPS) is 18.0. The van der Waals surface area contributed by atoms with Gasteiger partial charge in [-0.1, -0.05) is 101 Å². The molecule has 2 saturated carbocycles. The maximum atomic E-state index is 10.3. The summed E-state index contributed by atoms with van der Waals surface area (Å²) in [5, 5.41) is 22.2. The molecule has 2 nitrogen and oxygen atoms in total. The number of rotatable bonds is 5. The van der Waals surface area contributed by atoms with Crippen molar-refractivity contribution >= 4 is 13.2 Å². The van der Waals surface area contributed by atoms with Crippen LogP contribution in [0.1, 0.15) is 64.2 Å². The Morgan fingerprint density at radius 1 is 0.545 bits per heavy atom. The van der Waals surface area contributed by atoms with Gasteiger partial charge in [-0.2, -0.15) is 0 Å². The van der Waals surface area contributed by atoms with Crippen molar-refractivity contribution in [1.29, 1.82) is 0 Å². The Kier molecular flexibility index (Phi) is 7.02. The standard InChI is InChI=1S/C30H35O2P/c31-27-15-9-16-28(32)30(27)23-20-18-22(19-21-23)26-14-7-8-17-29(26)33(24-10-3-1-4-11-24)25-12-5-2-6-13-25/h7-9,14-21,24-25,31-32H,1-6,10-13H2. The topological polar surface area (TPSA) is 40.5 Å². The first-order valence-electron chi connectivity index (χ1n) is 12.7. The molecule has 0 bridgehead atoms. The van der Waals surface area contributed by atoms with E-state index in [1.54, 1.807) is 23.5 Å². The molecule has 3 heteroatoms. The summed E-state index contributed by atoms with van der Waals surface area (Å²) in [6.45, 7) is 0. The van der Waals surface area contributed by atoms with Gasteiger partial charge in [0.05, 0.1) is 5.56 Å². The third-order valence-corrected chi connectivity index (χ3v) is 11.2. The Balaban J connectivity index is 1.52. The lowest BCUT2D eigenvalue weighted by Gasteiger charge is -2.39. The Morgan fingerprint density at radius 3 is 1.64 bits per heavy atom. The first kappa shape index (κ1) is 22.5. The number of hydrogen-bond acceptors (Lipinski definition) is 2. The minimum Gasteiger partial charge on any atom is -0.507 e. The van der Waals surface area contributed by atoms with Crippen molar-refractivity contribution in [2.24, 2.45) is 0 Å². The van der Waals surface area contributed by atoms with E-state index in [-0.39, 0.29) is 19.4 Å². The fourth-order valence-electron chi connectivity index (χ4n) is 5.99. The smallest absolute Gasteiger partial charge is 0.127 e. The van der Waals surface area contributed by atoms with E-state index >= 15 is 0 Å². The molecule has 33 heavy (non-hydrogen) atoms. The van der Waals surface area contributed by atoms with Gasteiger partial charge in [-0.3, -0.25) is 0 Å². The van der Waals surface area contributed by atoms with Crippen molar-refractivity contribution in [3.63, 3.8) is 0 Å². The summed E-state index contributed by atoms with van der Waals surface area (Å²) in [7, 11) is -0.178. The van der Waals surface area contributed by atoms with E-state index in [1.807, 2.05) is 12.1 Å². The zero-order valence-electron chi connectivity index (χ0n) is 19.4. The van der Waals surface area contributed by atoms with Gasteiger partial charge in [-0.25, -0.2) is 0 Å². The van der Waals surface area contributed by atoms with Crippen LogP contribution in [0.4, 0.5) is 0 Å². The molecular weight excluding hydrogens is 423 g/mol. The largest absolute Gasteiger partial charge is 0.507 e. The minimum atomic E-state index is -0.178. The van der Waals surface area contributed by atoms with Gasteiger partial charge in [0, 0.05) is 0 Å². The molecule has 2 fully saturated rings. The van der Waals surface area contributed by atoms with Gasteiger partial charge in [0.15, 0.2) is 0 Å². The van der Waals surface area contributed by atoms with Gasteiger partial charge in [-0.15, -0.1) is 0 Å². The van der Waals surface area contributed by atoms with Crippen molar-refractivity contribution in [3.05, 3.63) is 66.7 Å². The van der Waals surface area contributed by atoms with Crippen molar-refractivity contribution in [2.45, 2.75) is 75.5 Å². The van der Waals surface area contributed by atoms with E-state index in [2.05, 4.69) is 36.4 Å². The summed E-state index contributed by atoms with van der Waals surface area (Å²) in [6, 6.07) is 22.5. The number of aromatic hydroxyl groups is 2. The van der Waals surface area contributed by atoms with E-state index in [1.165, 1.54) is 75.3 Å². The molecule has 3 aromatic rings. The molecule has 0 aliphatic heterocycles. The zero-order valence-corrected chi connectivity index (χ0v) is 20.3. The van der Waals surface area contributed by atoms with Gasteiger partial charge in [0.25, 0.3) is 0 Å². The van der Waals surface area contributed by atoms with E-state index in [0.29, 0.717) is 5.56 Å². The van der Waals surface area contributed by atoms with Crippen LogP contribution < -0.4 is 5.30 Å². The minimum absolute atomic E-state index is 0.112. The first-order chi connectivity index (χ1) is 16.2. The Bertz CT molecular complexity index is 1020.